The number of nitrogens with zero attached hydrogens (tertiary/aromatic N) is 1. The number of methoxy groups -OCH3 is 2. The van der Waals surface area contributed by atoms with Crippen LogP contribution in [-0.4, -0.2) is 33.4 Å². The molecule has 0 amide bonds. The summed E-state index contributed by atoms with van der Waals surface area (Å²) in [6, 6.07) is 8.73. The molecule has 2 N–H and O–H groups in total. The van der Waals surface area contributed by atoms with E-state index in [0.717, 1.165) is 6.42 Å². The second-order valence-corrected chi connectivity index (χ2v) is 7.24. The number of pyridine rings is 1. The Morgan fingerprint density at radius 2 is 1.92 bits per heavy atom. The lowest BCUT2D eigenvalue weighted by Crippen LogP contribution is -2.16. The Kier molecular flexibility index (Phi) is 6.46. The van der Waals surface area contributed by atoms with Crippen LogP contribution in [0.4, 0.5) is 17.2 Å². The average molecular weight is 365 g/mol. The van der Waals surface area contributed by atoms with Gasteiger partial charge in [0.25, 0.3) is 0 Å². The van der Waals surface area contributed by atoms with Gasteiger partial charge in [0, 0.05) is 6.07 Å². The summed E-state index contributed by atoms with van der Waals surface area (Å²) in [6.45, 7) is 1.95. The number of nitrogens with one attached hydrogen (secondary N) is 2. The predicted octanol–water partition coefficient (Wildman–Crippen LogP) is 3.38. The topological polar surface area (TPSA) is 89.6 Å². The van der Waals surface area contributed by atoms with Gasteiger partial charge in [-0.3, -0.25) is 4.72 Å². The minimum atomic E-state index is -3.34. The fraction of sp³-hybridized carbons (Fsp3) is 0.353. The van der Waals surface area contributed by atoms with E-state index in [1.54, 1.807) is 44.6 Å². The van der Waals surface area contributed by atoms with Crippen LogP contribution in [0.15, 0.2) is 36.5 Å². The monoisotopic (exact) mass is 365 g/mol. The van der Waals surface area contributed by atoms with E-state index in [9.17, 15) is 8.42 Å². The molecule has 7 nitrogen and oxygen atoms in total. The van der Waals surface area contributed by atoms with Crippen molar-refractivity contribution in [3.05, 3.63) is 36.5 Å². The molecule has 0 aliphatic carbocycles. The zero-order valence-corrected chi connectivity index (χ0v) is 15.4. The summed E-state index contributed by atoms with van der Waals surface area (Å²) < 4.78 is 36.8. The van der Waals surface area contributed by atoms with Gasteiger partial charge in [0.1, 0.15) is 17.3 Å². The Morgan fingerprint density at radius 1 is 1.12 bits per heavy atom. The molecular weight excluding hydrogens is 342 g/mol. The number of ether oxygens (including phenoxy) is 2. The maximum Gasteiger partial charge on any atom is 0.232 e. The van der Waals surface area contributed by atoms with Crippen LogP contribution >= 0.6 is 0 Å². The third-order valence-electron chi connectivity index (χ3n) is 3.47. The third kappa shape index (κ3) is 5.53. The van der Waals surface area contributed by atoms with Crippen molar-refractivity contribution in [3.63, 3.8) is 0 Å². The molecule has 136 valence electrons. The van der Waals surface area contributed by atoms with Gasteiger partial charge in [0.15, 0.2) is 0 Å². The second kappa shape index (κ2) is 8.57. The van der Waals surface area contributed by atoms with Crippen molar-refractivity contribution in [2.45, 2.75) is 19.8 Å². The number of rotatable bonds is 9. The van der Waals surface area contributed by atoms with E-state index in [2.05, 4.69) is 15.0 Å². The van der Waals surface area contributed by atoms with Gasteiger partial charge >= 0.3 is 0 Å². The largest absolute Gasteiger partial charge is 0.497 e. The lowest BCUT2D eigenvalue weighted by Gasteiger charge is -2.13. The molecule has 0 saturated heterocycles. The van der Waals surface area contributed by atoms with E-state index in [-0.39, 0.29) is 5.75 Å². The summed E-state index contributed by atoms with van der Waals surface area (Å²) in [6.07, 6.45) is 2.92. The molecule has 0 aliphatic rings. The fourth-order valence-electron chi connectivity index (χ4n) is 2.14. The summed E-state index contributed by atoms with van der Waals surface area (Å²) >= 11 is 0. The Morgan fingerprint density at radius 3 is 2.52 bits per heavy atom. The van der Waals surface area contributed by atoms with Crippen molar-refractivity contribution in [2.75, 3.05) is 30.0 Å². The van der Waals surface area contributed by atoms with Crippen molar-refractivity contribution >= 4 is 27.2 Å². The van der Waals surface area contributed by atoms with Crippen molar-refractivity contribution in [1.29, 1.82) is 0 Å². The molecule has 0 unspecified atom stereocenters. The summed E-state index contributed by atoms with van der Waals surface area (Å²) in [7, 11) is -0.171. The third-order valence-corrected chi connectivity index (χ3v) is 4.85. The van der Waals surface area contributed by atoms with Gasteiger partial charge in [0.05, 0.1) is 37.5 Å². The van der Waals surface area contributed by atoms with E-state index < -0.39 is 10.0 Å². The van der Waals surface area contributed by atoms with E-state index in [1.807, 2.05) is 6.92 Å². The smallest absolute Gasteiger partial charge is 0.232 e. The molecule has 0 saturated carbocycles. The first-order chi connectivity index (χ1) is 12.0. The zero-order chi connectivity index (χ0) is 18.3. The van der Waals surface area contributed by atoms with Gasteiger partial charge in [-0.15, -0.1) is 0 Å². The van der Waals surface area contributed by atoms with Gasteiger partial charge in [-0.05, 0) is 30.7 Å². The highest BCUT2D eigenvalue weighted by Gasteiger charge is 2.10. The van der Waals surface area contributed by atoms with Crippen molar-refractivity contribution in [1.82, 2.24) is 4.98 Å². The number of aromatic nitrogens is 1. The van der Waals surface area contributed by atoms with Crippen LogP contribution in [0.2, 0.25) is 0 Å². The van der Waals surface area contributed by atoms with Crippen LogP contribution in [0.5, 0.6) is 11.5 Å². The molecule has 25 heavy (non-hydrogen) atoms. The molecule has 8 heteroatoms. The van der Waals surface area contributed by atoms with Gasteiger partial charge < -0.3 is 14.8 Å². The first-order valence-corrected chi connectivity index (χ1v) is 9.58. The first-order valence-electron chi connectivity index (χ1n) is 7.93. The van der Waals surface area contributed by atoms with Crippen LogP contribution in [0.1, 0.15) is 19.8 Å². The van der Waals surface area contributed by atoms with E-state index in [0.29, 0.717) is 35.1 Å². The highest BCUT2D eigenvalue weighted by Crippen LogP contribution is 2.31. The number of benzene rings is 1. The number of unbranched alkanes of at least 4 members (excludes halogenated alkanes) is 1. The Labute approximate surface area is 148 Å². The second-order valence-electron chi connectivity index (χ2n) is 5.40. The average Bonchev–Trinajstić information content (AvgIpc) is 2.61. The van der Waals surface area contributed by atoms with Crippen LogP contribution in [0, 0.1) is 0 Å². The van der Waals surface area contributed by atoms with E-state index in [4.69, 9.17) is 9.47 Å². The van der Waals surface area contributed by atoms with Crippen molar-refractivity contribution in [3.8, 4) is 11.5 Å². The standard InChI is InChI=1S/C17H23N3O4S/c1-4-5-10-25(21,22)20-13-6-9-17(18-12-13)19-15-11-14(23-2)7-8-16(15)24-3/h6-9,11-12,20H,4-5,10H2,1-3H3,(H,18,19). The molecule has 1 aromatic heterocycles. The van der Waals surface area contributed by atoms with Gasteiger partial charge in [-0.25, -0.2) is 13.4 Å². The zero-order valence-electron chi connectivity index (χ0n) is 14.6. The van der Waals surface area contributed by atoms with Crippen LogP contribution in [-0.2, 0) is 10.0 Å². The summed E-state index contributed by atoms with van der Waals surface area (Å²) in [5.41, 5.74) is 1.13. The molecule has 1 heterocycles. The van der Waals surface area contributed by atoms with Crippen molar-refractivity contribution in [2.24, 2.45) is 0 Å². The minimum Gasteiger partial charge on any atom is -0.497 e. The first kappa shape index (κ1) is 18.9. The number of sulfonamides is 1. The quantitative estimate of drug-likeness (QED) is 0.708. The molecule has 0 spiro atoms. The maximum absolute atomic E-state index is 11.9. The predicted molar refractivity (Wildman–Crippen MR) is 99.4 cm³/mol. The molecule has 0 atom stereocenters. The molecule has 2 aromatic rings. The van der Waals surface area contributed by atoms with E-state index >= 15 is 0 Å². The van der Waals surface area contributed by atoms with E-state index in [1.165, 1.54) is 6.20 Å². The van der Waals surface area contributed by atoms with Gasteiger partial charge in [0.2, 0.25) is 10.0 Å². The van der Waals surface area contributed by atoms with Crippen LogP contribution in [0.25, 0.3) is 0 Å². The molecule has 0 fully saturated rings. The van der Waals surface area contributed by atoms with Crippen LogP contribution in [0.3, 0.4) is 0 Å². The summed E-state index contributed by atoms with van der Waals surface area (Å²) in [4.78, 5) is 4.23. The summed E-state index contributed by atoms with van der Waals surface area (Å²) in [5.74, 6) is 1.99. The SMILES string of the molecule is CCCCS(=O)(=O)Nc1ccc(Nc2cc(OC)ccc2OC)nc1. The Hall–Kier alpha value is -2.48. The summed E-state index contributed by atoms with van der Waals surface area (Å²) in [5, 5.41) is 3.13. The number of hydrogen-bond acceptors (Lipinski definition) is 6. The molecule has 0 bridgehead atoms. The molecule has 0 radical (unpaired) electrons. The minimum absolute atomic E-state index is 0.102. The highest BCUT2D eigenvalue weighted by molar-refractivity contribution is 7.92. The lowest BCUT2D eigenvalue weighted by atomic mass is 10.2. The molecule has 2 rings (SSSR count). The fourth-order valence-corrected chi connectivity index (χ4v) is 3.39. The maximum atomic E-state index is 11.9. The normalized spacial score (nSPS) is 11.0. The van der Waals surface area contributed by atoms with Gasteiger partial charge in [-0.1, -0.05) is 13.3 Å². The lowest BCUT2D eigenvalue weighted by molar-refractivity contribution is 0.405. The Bertz CT molecular complexity index is 792. The molecule has 1 aromatic carbocycles. The Balaban J connectivity index is 2.10. The number of hydrogen-bond donors (Lipinski definition) is 2. The van der Waals surface area contributed by atoms with Gasteiger partial charge in [-0.2, -0.15) is 0 Å². The highest BCUT2D eigenvalue weighted by atomic mass is 32.2. The molecule has 0 aliphatic heterocycles. The van der Waals surface area contributed by atoms with Crippen LogP contribution < -0.4 is 19.5 Å². The van der Waals surface area contributed by atoms with Crippen molar-refractivity contribution < 1.29 is 17.9 Å². The molecular formula is C17H23N3O4S. The number of anilines is 3.